The molecule has 0 aromatic carbocycles. The molecule has 8 heavy (non-hydrogen) atoms. The van der Waals surface area contributed by atoms with Gasteiger partial charge in [0.25, 0.3) is 0 Å². The third-order valence-corrected chi connectivity index (χ3v) is 2.05. The van der Waals surface area contributed by atoms with E-state index in [2.05, 4.69) is 0 Å². The van der Waals surface area contributed by atoms with Crippen LogP contribution in [0.4, 0.5) is 0 Å². The Bertz CT molecular complexity index is 128. The van der Waals surface area contributed by atoms with E-state index in [9.17, 15) is 4.79 Å². The summed E-state index contributed by atoms with van der Waals surface area (Å²) >= 11 is 0. The number of nitrogens with two attached hydrogens (primary N) is 1. The molecular formula is C6H11NO. The summed E-state index contributed by atoms with van der Waals surface area (Å²) in [6, 6.07) is 0.106. The largest absolute Gasteiger partial charge is 0.326 e. The Morgan fingerprint density at radius 2 is 2.25 bits per heavy atom. The molecule has 2 nitrogen and oxygen atoms in total. The van der Waals surface area contributed by atoms with Gasteiger partial charge in [-0.3, -0.25) is 4.79 Å². The van der Waals surface area contributed by atoms with Crippen LogP contribution < -0.4 is 5.73 Å². The molecule has 0 aromatic heterocycles. The molecule has 0 aromatic rings. The highest BCUT2D eigenvalue weighted by Crippen LogP contribution is 2.34. The van der Waals surface area contributed by atoms with Crippen molar-refractivity contribution in [2.75, 3.05) is 0 Å². The van der Waals surface area contributed by atoms with Gasteiger partial charge in [0, 0.05) is 17.9 Å². The molecule has 1 aliphatic rings. The third kappa shape index (κ3) is 0.494. The van der Waals surface area contributed by atoms with Crippen LogP contribution in [0.25, 0.3) is 0 Å². The lowest BCUT2D eigenvalue weighted by Gasteiger charge is -2.39. The molecule has 0 saturated heterocycles. The second-order valence-corrected chi connectivity index (χ2v) is 2.96. The molecule has 0 amide bonds. The van der Waals surface area contributed by atoms with Crippen LogP contribution in [0.5, 0.6) is 0 Å². The lowest BCUT2D eigenvalue weighted by Crippen LogP contribution is -2.54. The molecular weight excluding hydrogens is 102 g/mol. The van der Waals surface area contributed by atoms with Crippen molar-refractivity contribution in [1.29, 1.82) is 0 Å². The molecule has 0 unspecified atom stereocenters. The molecule has 2 heteroatoms. The zero-order valence-corrected chi connectivity index (χ0v) is 5.27. The first-order valence-electron chi connectivity index (χ1n) is 2.84. The van der Waals surface area contributed by atoms with Gasteiger partial charge in [-0.15, -0.1) is 0 Å². The number of carbonyl (C=O) groups excluding carboxylic acids is 1. The molecule has 46 valence electrons. The fourth-order valence-electron chi connectivity index (χ4n) is 0.794. The van der Waals surface area contributed by atoms with Crippen molar-refractivity contribution >= 4 is 5.78 Å². The minimum Gasteiger partial charge on any atom is -0.326 e. The monoisotopic (exact) mass is 113 g/mol. The van der Waals surface area contributed by atoms with Crippen molar-refractivity contribution in [2.45, 2.75) is 26.3 Å². The van der Waals surface area contributed by atoms with Crippen molar-refractivity contribution in [3.63, 3.8) is 0 Å². The lowest BCUT2D eigenvalue weighted by atomic mass is 9.67. The summed E-state index contributed by atoms with van der Waals surface area (Å²) in [5.41, 5.74) is 5.30. The third-order valence-electron chi connectivity index (χ3n) is 2.05. The maximum absolute atomic E-state index is 10.7. The van der Waals surface area contributed by atoms with Crippen molar-refractivity contribution < 1.29 is 4.79 Å². The number of ketones is 1. The van der Waals surface area contributed by atoms with E-state index in [1.165, 1.54) is 0 Å². The highest BCUT2D eigenvalue weighted by molar-refractivity contribution is 5.91. The minimum absolute atomic E-state index is 0.106. The Kier molecular flexibility index (Phi) is 0.949. The number of hydrogen-bond acceptors (Lipinski definition) is 2. The van der Waals surface area contributed by atoms with Gasteiger partial charge in [0.2, 0.25) is 0 Å². The molecule has 1 aliphatic carbocycles. The Morgan fingerprint density at radius 1 is 1.75 bits per heavy atom. The topological polar surface area (TPSA) is 43.1 Å². The van der Waals surface area contributed by atoms with E-state index in [-0.39, 0.29) is 11.5 Å². The van der Waals surface area contributed by atoms with Gasteiger partial charge in [-0.05, 0) is 0 Å². The standard InChI is InChI=1S/C6H11NO/c1-6(2)4(7)3-5(6)8/h4H,3,7H2,1-2H3/t4-/m0/s1. The van der Waals surface area contributed by atoms with Gasteiger partial charge in [0.15, 0.2) is 0 Å². The zero-order valence-electron chi connectivity index (χ0n) is 5.27. The van der Waals surface area contributed by atoms with Gasteiger partial charge in [-0.2, -0.15) is 0 Å². The first kappa shape index (κ1) is 5.76. The first-order valence-corrected chi connectivity index (χ1v) is 2.84. The summed E-state index contributed by atoms with van der Waals surface area (Å²) in [6.45, 7) is 3.78. The smallest absolute Gasteiger partial charge is 0.141 e. The number of hydrogen-bond donors (Lipinski definition) is 1. The molecule has 1 rings (SSSR count). The van der Waals surface area contributed by atoms with Crippen LogP contribution in [0.15, 0.2) is 0 Å². The van der Waals surface area contributed by atoms with E-state index < -0.39 is 0 Å². The average molecular weight is 113 g/mol. The summed E-state index contributed by atoms with van der Waals surface area (Å²) in [7, 11) is 0. The van der Waals surface area contributed by atoms with E-state index >= 15 is 0 Å². The quantitative estimate of drug-likeness (QED) is 0.491. The Morgan fingerprint density at radius 3 is 2.25 bits per heavy atom. The van der Waals surface area contributed by atoms with Gasteiger partial charge in [-0.25, -0.2) is 0 Å². The highest BCUT2D eigenvalue weighted by Gasteiger charge is 2.44. The summed E-state index contributed by atoms with van der Waals surface area (Å²) in [4.78, 5) is 10.7. The first-order chi connectivity index (χ1) is 3.55. The van der Waals surface area contributed by atoms with Gasteiger partial charge >= 0.3 is 0 Å². The normalized spacial score (nSPS) is 34.4. The Labute approximate surface area is 49.1 Å². The van der Waals surface area contributed by atoms with Crippen LogP contribution in [-0.2, 0) is 4.79 Å². The van der Waals surface area contributed by atoms with Crippen LogP contribution in [0.3, 0.4) is 0 Å². The van der Waals surface area contributed by atoms with Crippen LogP contribution in [0, 0.1) is 5.41 Å². The molecule has 0 radical (unpaired) electrons. The highest BCUT2D eigenvalue weighted by atomic mass is 16.1. The Balaban J connectivity index is 2.66. The van der Waals surface area contributed by atoms with E-state index in [1.807, 2.05) is 13.8 Å². The maximum Gasteiger partial charge on any atom is 0.141 e. The van der Waals surface area contributed by atoms with Gasteiger partial charge in [0.05, 0.1) is 0 Å². The molecule has 1 atom stereocenters. The zero-order chi connectivity index (χ0) is 6.36. The summed E-state index contributed by atoms with van der Waals surface area (Å²) < 4.78 is 0. The minimum atomic E-state index is -0.222. The summed E-state index contributed by atoms with van der Waals surface area (Å²) in [6.07, 6.45) is 0.576. The van der Waals surface area contributed by atoms with Gasteiger partial charge < -0.3 is 5.73 Å². The predicted octanol–water partition coefficient (Wildman–Crippen LogP) is 0.313. The maximum atomic E-state index is 10.7. The number of carbonyl (C=O) groups is 1. The number of Topliss-reactive ketones (excluding diaryl/α,β-unsaturated/α-hetero) is 1. The van der Waals surface area contributed by atoms with E-state index in [0.717, 1.165) is 0 Å². The molecule has 1 saturated carbocycles. The van der Waals surface area contributed by atoms with Crippen molar-refractivity contribution in [3.05, 3.63) is 0 Å². The summed E-state index contributed by atoms with van der Waals surface area (Å²) in [5.74, 6) is 0.296. The van der Waals surface area contributed by atoms with Crippen LogP contribution >= 0.6 is 0 Å². The number of rotatable bonds is 0. The van der Waals surface area contributed by atoms with Crippen molar-refractivity contribution in [1.82, 2.24) is 0 Å². The molecule has 0 spiro atoms. The van der Waals surface area contributed by atoms with Crippen LogP contribution in [0.2, 0.25) is 0 Å². The molecule has 0 bridgehead atoms. The van der Waals surface area contributed by atoms with E-state index in [0.29, 0.717) is 12.2 Å². The van der Waals surface area contributed by atoms with Crippen LogP contribution in [-0.4, -0.2) is 11.8 Å². The van der Waals surface area contributed by atoms with E-state index in [1.54, 1.807) is 0 Å². The Hall–Kier alpha value is -0.370. The second kappa shape index (κ2) is 1.32. The van der Waals surface area contributed by atoms with E-state index in [4.69, 9.17) is 5.73 Å². The predicted molar refractivity (Wildman–Crippen MR) is 31.4 cm³/mol. The molecule has 2 N–H and O–H groups in total. The lowest BCUT2D eigenvalue weighted by molar-refractivity contribution is -0.137. The van der Waals surface area contributed by atoms with Gasteiger partial charge in [0.1, 0.15) is 5.78 Å². The van der Waals surface area contributed by atoms with Crippen molar-refractivity contribution in [3.8, 4) is 0 Å². The summed E-state index contributed by atoms with van der Waals surface area (Å²) in [5, 5.41) is 0. The molecule has 0 aliphatic heterocycles. The fourth-order valence-corrected chi connectivity index (χ4v) is 0.794. The molecule has 0 heterocycles. The fraction of sp³-hybridized carbons (Fsp3) is 0.833. The second-order valence-electron chi connectivity index (χ2n) is 2.96. The SMILES string of the molecule is CC1(C)C(=O)C[C@@H]1N. The molecule has 1 fully saturated rings. The van der Waals surface area contributed by atoms with Gasteiger partial charge in [-0.1, -0.05) is 13.8 Å². The average Bonchev–Trinajstić information content (AvgIpc) is 1.68. The van der Waals surface area contributed by atoms with Crippen molar-refractivity contribution in [2.24, 2.45) is 11.1 Å². The van der Waals surface area contributed by atoms with Crippen LogP contribution in [0.1, 0.15) is 20.3 Å².